The van der Waals surface area contributed by atoms with E-state index in [1.54, 1.807) is 0 Å². The van der Waals surface area contributed by atoms with Gasteiger partial charge in [-0.05, 0) is 30.7 Å². The van der Waals surface area contributed by atoms with Crippen molar-refractivity contribution in [3.63, 3.8) is 0 Å². The number of carbonyl (C=O) groups excluding carboxylic acids is 2. The van der Waals surface area contributed by atoms with Gasteiger partial charge in [0.15, 0.2) is 11.6 Å². The Bertz CT molecular complexity index is 867. The van der Waals surface area contributed by atoms with Crippen LogP contribution in [0, 0.1) is 23.3 Å². The molecular formula is C21H24BrClF4N2O2. The molecule has 0 unspecified atom stereocenters. The highest BCUT2D eigenvalue weighted by molar-refractivity contribution is 9.09. The lowest BCUT2D eigenvalue weighted by atomic mass is 10.0. The molecule has 0 saturated heterocycles. The number of halogens is 6. The number of carbonyl (C=O) groups is 2. The highest BCUT2D eigenvalue weighted by Crippen LogP contribution is 2.19. The van der Waals surface area contributed by atoms with Crippen LogP contribution in [-0.2, 0) is 0 Å². The number of nitrogen functional groups attached to an aromatic ring is 2. The normalized spacial score (nSPS) is 10.0. The summed E-state index contributed by atoms with van der Waals surface area (Å²) >= 11 is 2.89. The Labute approximate surface area is 192 Å². The average Bonchev–Trinajstić information content (AvgIpc) is 2.72. The number of benzene rings is 2. The van der Waals surface area contributed by atoms with E-state index in [1.165, 1.54) is 0 Å². The van der Waals surface area contributed by atoms with E-state index in [-0.39, 0.29) is 34.6 Å². The molecule has 4 N–H and O–H groups in total. The first-order valence-electron chi connectivity index (χ1n) is 9.23. The second kappa shape index (κ2) is 14.0. The van der Waals surface area contributed by atoms with E-state index in [0.29, 0.717) is 6.42 Å². The fourth-order valence-electron chi connectivity index (χ4n) is 2.42. The summed E-state index contributed by atoms with van der Waals surface area (Å²) in [6.45, 7) is 2.08. The lowest BCUT2D eigenvalue weighted by molar-refractivity contribution is 0.0976. The highest BCUT2D eigenvalue weighted by Gasteiger charge is 2.13. The molecule has 31 heavy (non-hydrogen) atoms. The third-order valence-electron chi connectivity index (χ3n) is 4.18. The molecule has 2 rings (SSSR count). The van der Waals surface area contributed by atoms with Crippen molar-refractivity contribution in [1.29, 1.82) is 0 Å². The molecule has 0 saturated carbocycles. The molecule has 2 aromatic rings. The fraction of sp³-hybridized carbons (Fsp3) is 0.333. The summed E-state index contributed by atoms with van der Waals surface area (Å²) in [6, 6.07) is 3.84. The number of rotatable bonds is 8. The Morgan fingerprint density at radius 2 is 1.16 bits per heavy atom. The van der Waals surface area contributed by atoms with E-state index >= 15 is 0 Å². The van der Waals surface area contributed by atoms with Crippen LogP contribution in [0.25, 0.3) is 0 Å². The molecule has 0 amide bonds. The maximum atomic E-state index is 13.1. The number of unbranched alkanes of at least 4 members (excludes halogenated alkanes) is 3. The number of Topliss-reactive ketones (excluding diaryl/α,β-unsaturated/α-hetero) is 2. The van der Waals surface area contributed by atoms with E-state index in [1.807, 2.05) is 0 Å². The van der Waals surface area contributed by atoms with Crippen molar-refractivity contribution in [2.24, 2.45) is 0 Å². The molecule has 0 aromatic heterocycles. The van der Waals surface area contributed by atoms with Crippen molar-refractivity contribution >= 4 is 51.3 Å². The van der Waals surface area contributed by atoms with Crippen LogP contribution in [0.3, 0.4) is 0 Å². The first-order valence-corrected chi connectivity index (χ1v) is 10.4. The van der Waals surface area contributed by atoms with Gasteiger partial charge < -0.3 is 11.5 Å². The van der Waals surface area contributed by atoms with Crippen molar-refractivity contribution in [2.45, 2.75) is 39.0 Å². The van der Waals surface area contributed by atoms with Gasteiger partial charge in [-0.1, -0.05) is 42.1 Å². The van der Waals surface area contributed by atoms with Gasteiger partial charge >= 0.3 is 0 Å². The van der Waals surface area contributed by atoms with Crippen LogP contribution in [0.15, 0.2) is 24.3 Å². The second-order valence-electron chi connectivity index (χ2n) is 6.50. The number of nitrogens with two attached hydrogens (primary N) is 2. The minimum Gasteiger partial charge on any atom is -0.394 e. The monoisotopic (exact) mass is 526 g/mol. The number of ketones is 2. The van der Waals surface area contributed by atoms with Crippen LogP contribution >= 0.6 is 28.3 Å². The van der Waals surface area contributed by atoms with Gasteiger partial charge in [0, 0.05) is 17.5 Å². The van der Waals surface area contributed by atoms with Gasteiger partial charge in [-0.15, -0.1) is 12.4 Å². The molecule has 4 nitrogen and oxygen atoms in total. The largest absolute Gasteiger partial charge is 0.394 e. The maximum absolute atomic E-state index is 13.1. The summed E-state index contributed by atoms with van der Waals surface area (Å²) in [5, 5.41) is 0.0236. The molecule has 0 heterocycles. The van der Waals surface area contributed by atoms with Crippen molar-refractivity contribution in [1.82, 2.24) is 0 Å². The third kappa shape index (κ3) is 8.86. The zero-order valence-corrected chi connectivity index (χ0v) is 19.2. The van der Waals surface area contributed by atoms with E-state index in [9.17, 15) is 27.2 Å². The summed E-state index contributed by atoms with van der Waals surface area (Å²) in [5.74, 6) is -4.20. The summed E-state index contributed by atoms with van der Waals surface area (Å²) < 4.78 is 51.9. The summed E-state index contributed by atoms with van der Waals surface area (Å²) in [6.07, 6.45) is 4.18. The molecular weight excluding hydrogens is 504 g/mol. The topological polar surface area (TPSA) is 86.2 Å². The first kappa shape index (κ1) is 28.9. The van der Waals surface area contributed by atoms with Gasteiger partial charge in [0.25, 0.3) is 0 Å². The molecule has 0 aliphatic carbocycles. The van der Waals surface area contributed by atoms with Crippen LogP contribution in [-0.4, -0.2) is 16.9 Å². The molecule has 0 aliphatic rings. The van der Waals surface area contributed by atoms with Crippen molar-refractivity contribution in [3.05, 3.63) is 58.7 Å². The Hall–Kier alpha value is -2.13. The predicted octanol–water partition coefficient (Wildman–Crippen LogP) is 6.25. The number of hydrogen-bond donors (Lipinski definition) is 2. The molecule has 10 heteroatoms. The molecule has 2 aromatic carbocycles. The smallest absolute Gasteiger partial charge is 0.173 e. The van der Waals surface area contributed by atoms with Gasteiger partial charge in [-0.2, -0.15) is 0 Å². The van der Waals surface area contributed by atoms with Crippen LogP contribution in [0.1, 0.15) is 59.7 Å². The van der Waals surface area contributed by atoms with Gasteiger partial charge in [0.05, 0.1) is 5.33 Å². The lowest BCUT2D eigenvalue weighted by Crippen LogP contribution is -2.04. The molecule has 0 atom stereocenters. The zero-order chi connectivity index (χ0) is 22.8. The molecule has 0 radical (unpaired) electrons. The Morgan fingerprint density at radius 3 is 1.52 bits per heavy atom. The molecule has 0 aliphatic heterocycles. The van der Waals surface area contributed by atoms with E-state index in [0.717, 1.165) is 49.9 Å². The van der Waals surface area contributed by atoms with E-state index in [2.05, 4.69) is 22.9 Å². The molecule has 0 spiro atoms. The molecule has 0 bridgehead atoms. The van der Waals surface area contributed by atoms with Crippen LogP contribution < -0.4 is 11.5 Å². The second-order valence-corrected chi connectivity index (χ2v) is 7.06. The predicted molar refractivity (Wildman–Crippen MR) is 120 cm³/mol. The molecule has 172 valence electrons. The Morgan fingerprint density at radius 1 is 0.774 bits per heavy atom. The van der Waals surface area contributed by atoms with Crippen LogP contribution in [0.2, 0.25) is 0 Å². The fourth-order valence-corrected chi connectivity index (χ4v) is 2.75. The lowest BCUT2D eigenvalue weighted by Gasteiger charge is -2.04. The quantitative estimate of drug-likeness (QED) is 0.140. The van der Waals surface area contributed by atoms with E-state index in [4.69, 9.17) is 11.5 Å². The number of alkyl halides is 1. The number of anilines is 2. The van der Waals surface area contributed by atoms with E-state index < -0.39 is 40.4 Å². The zero-order valence-electron chi connectivity index (χ0n) is 16.8. The Balaban J connectivity index is 0.000000581. The standard InChI is InChI=1S/C13H17F2NO.C8H6BrF2NO.ClH/c1-2-3-4-5-6-12(17)9-7-10(14)13(16)11(15)8-9;9-3-7(13)4-1-5(10)8(12)6(11)2-4;/h7-8H,2-6,16H2,1H3;1-2H,3,12H2;1H. The number of hydrogen-bond acceptors (Lipinski definition) is 4. The SMILES string of the molecule is CCCCCCC(=O)c1cc(F)c(N)c(F)c1.Cl.Nc1c(F)cc(C(=O)CBr)cc1F. The minimum atomic E-state index is -0.913. The summed E-state index contributed by atoms with van der Waals surface area (Å²) in [7, 11) is 0. The maximum Gasteiger partial charge on any atom is 0.173 e. The molecule has 0 fully saturated rings. The minimum absolute atomic E-state index is 0. The van der Waals surface area contributed by atoms with Crippen molar-refractivity contribution in [3.8, 4) is 0 Å². The van der Waals surface area contributed by atoms with Gasteiger partial charge in [0.2, 0.25) is 0 Å². The van der Waals surface area contributed by atoms with Crippen LogP contribution in [0.5, 0.6) is 0 Å². The van der Waals surface area contributed by atoms with Crippen molar-refractivity contribution < 1.29 is 27.2 Å². The average molecular weight is 528 g/mol. The Kier molecular flexibility index (Phi) is 13.1. The summed E-state index contributed by atoms with van der Waals surface area (Å²) in [5.41, 5.74) is 9.08. The van der Waals surface area contributed by atoms with Crippen LogP contribution in [0.4, 0.5) is 28.9 Å². The first-order chi connectivity index (χ1) is 14.1. The van der Waals surface area contributed by atoms with Gasteiger partial charge in [-0.3, -0.25) is 9.59 Å². The van der Waals surface area contributed by atoms with Gasteiger partial charge in [0.1, 0.15) is 34.6 Å². The van der Waals surface area contributed by atoms with Gasteiger partial charge in [-0.25, -0.2) is 17.6 Å². The third-order valence-corrected chi connectivity index (χ3v) is 4.69. The summed E-state index contributed by atoms with van der Waals surface area (Å²) in [4.78, 5) is 22.7. The highest BCUT2D eigenvalue weighted by atomic mass is 79.9. The van der Waals surface area contributed by atoms with Crippen molar-refractivity contribution in [2.75, 3.05) is 16.8 Å².